The number of hydrogen-bond donors (Lipinski definition) is 2. The zero-order chi connectivity index (χ0) is 18.5. The van der Waals surface area contributed by atoms with Gasteiger partial charge in [-0.1, -0.05) is 18.2 Å². The molecule has 2 aromatic rings. The number of hydrogen-bond acceptors (Lipinski definition) is 4. The molecule has 2 aromatic carbocycles. The number of piperidine rings is 1. The summed E-state index contributed by atoms with van der Waals surface area (Å²) in [4.78, 5) is 13.8. The largest absolute Gasteiger partial charge is 0.496 e. The fourth-order valence-corrected chi connectivity index (χ4v) is 3.46. The van der Waals surface area contributed by atoms with E-state index in [1.54, 1.807) is 12.1 Å². The Morgan fingerprint density at radius 1 is 1.23 bits per heavy atom. The highest BCUT2D eigenvalue weighted by molar-refractivity contribution is 5.91. The molecular formula is C21H26N2O3. The zero-order valence-corrected chi connectivity index (χ0v) is 15.4. The first-order chi connectivity index (χ1) is 12.6. The number of benzene rings is 2. The van der Waals surface area contributed by atoms with Gasteiger partial charge in [-0.15, -0.1) is 0 Å². The van der Waals surface area contributed by atoms with Crippen LogP contribution in [-0.2, 0) is 6.54 Å². The lowest BCUT2D eigenvalue weighted by atomic mass is 10.0. The van der Waals surface area contributed by atoms with Gasteiger partial charge < -0.3 is 20.1 Å². The molecule has 0 bridgehead atoms. The van der Waals surface area contributed by atoms with Crippen molar-refractivity contribution in [1.82, 2.24) is 5.32 Å². The van der Waals surface area contributed by atoms with E-state index in [-0.39, 0.29) is 5.56 Å². The molecule has 1 fully saturated rings. The third-order valence-corrected chi connectivity index (χ3v) is 4.95. The lowest BCUT2D eigenvalue weighted by Gasteiger charge is -2.34. The monoisotopic (exact) mass is 354 g/mol. The Hall–Kier alpha value is -2.53. The van der Waals surface area contributed by atoms with Gasteiger partial charge in [-0.2, -0.15) is 0 Å². The lowest BCUT2D eigenvalue weighted by molar-refractivity contribution is 0.0693. The molecule has 0 spiro atoms. The number of nitrogens with zero attached hydrogens (tertiary/aromatic N) is 1. The number of aryl methyl sites for hydroxylation is 1. The molecule has 2 N–H and O–H groups in total. The first-order valence-electron chi connectivity index (χ1n) is 9.02. The van der Waals surface area contributed by atoms with Gasteiger partial charge in [0.1, 0.15) is 11.3 Å². The number of nitrogens with one attached hydrogen (secondary N) is 1. The molecular weight excluding hydrogens is 328 g/mol. The molecule has 0 radical (unpaired) electrons. The predicted molar refractivity (Wildman–Crippen MR) is 103 cm³/mol. The minimum Gasteiger partial charge on any atom is -0.496 e. The number of methoxy groups -OCH3 is 1. The van der Waals surface area contributed by atoms with Crippen molar-refractivity contribution in [3.05, 3.63) is 59.2 Å². The Kier molecular flexibility index (Phi) is 5.78. The highest BCUT2D eigenvalue weighted by atomic mass is 16.5. The van der Waals surface area contributed by atoms with Crippen LogP contribution in [0.5, 0.6) is 5.75 Å². The molecule has 1 aliphatic rings. The highest BCUT2D eigenvalue weighted by Crippen LogP contribution is 2.22. The van der Waals surface area contributed by atoms with Gasteiger partial charge in [0.05, 0.1) is 7.11 Å². The molecule has 0 aromatic heterocycles. The lowest BCUT2D eigenvalue weighted by Crippen LogP contribution is -2.42. The van der Waals surface area contributed by atoms with Gasteiger partial charge in [0.25, 0.3) is 0 Å². The van der Waals surface area contributed by atoms with Crippen LogP contribution >= 0.6 is 0 Å². The Labute approximate surface area is 154 Å². The second-order valence-electron chi connectivity index (χ2n) is 6.82. The average molecular weight is 354 g/mol. The molecule has 0 amide bonds. The minimum absolute atomic E-state index is 0.209. The molecule has 1 heterocycles. The van der Waals surface area contributed by atoms with Crippen LogP contribution in [0.3, 0.4) is 0 Å². The van der Waals surface area contributed by atoms with E-state index in [9.17, 15) is 9.90 Å². The number of rotatable bonds is 6. The van der Waals surface area contributed by atoms with Crippen molar-refractivity contribution < 1.29 is 14.6 Å². The van der Waals surface area contributed by atoms with E-state index in [0.29, 0.717) is 18.3 Å². The van der Waals surface area contributed by atoms with Gasteiger partial charge in [-0.25, -0.2) is 4.79 Å². The number of ether oxygens (including phenoxy) is 1. The molecule has 5 heteroatoms. The maximum atomic E-state index is 11.3. The van der Waals surface area contributed by atoms with E-state index < -0.39 is 5.97 Å². The molecule has 138 valence electrons. The number of carboxylic acids is 1. The standard InChI is InChI=1S/C21H26N2O3/c1-15-4-3-5-18(12-15)23-10-8-17(9-11-23)22-14-16-6-7-20(26-2)19(13-16)21(24)25/h3-7,12-13,17,22H,8-11,14H2,1-2H3,(H,24,25). The summed E-state index contributed by atoms with van der Waals surface area (Å²) < 4.78 is 5.11. The van der Waals surface area contributed by atoms with Crippen molar-refractivity contribution in [2.45, 2.75) is 32.4 Å². The van der Waals surface area contributed by atoms with Gasteiger partial charge in [-0.3, -0.25) is 0 Å². The van der Waals surface area contributed by atoms with E-state index in [1.807, 2.05) is 6.07 Å². The Balaban J connectivity index is 1.54. The number of carboxylic acid groups (broad SMARTS) is 1. The highest BCUT2D eigenvalue weighted by Gasteiger charge is 2.19. The third kappa shape index (κ3) is 4.35. The van der Waals surface area contributed by atoms with E-state index in [1.165, 1.54) is 18.4 Å². The van der Waals surface area contributed by atoms with Gasteiger partial charge in [0.15, 0.2) is 0 Å². The van der Waals surface area contributed by atoms with Crippen LogP contribution in [0.1, 0.15) is 34.3 Å². The van der Waals surface area contributed by atoms with E-state index in [0.717, 1.165) is 31.5 Å². The van der Waals surface area contributed by atoms with Crippen molar-refractivity contribution in [3.63, 3.8) is 0 Å². The van der Waals surface area contributed by atoms with E-state index >= 15 is 0 Å². The van der Waals surface area contributed by atoms with Crippen LogP contribution in [-0.4, -0.2) is 37.3 Å². The Morgan fingerprint density at radius 3 is 2.65 bits per heavy atom. The average Bonchev–Trinajstić information content (AvgIpc) is 2.66. The molecule has 1 saturated heterocycles. The summed E-state index contributed by atoms with van der Waals surface area (Å²) in [5.74, 6) is -0.567. The van der Waals surface area contributed by atoms with Gasteiger partial charge in [0, 0.05) is 31.4 Å². The molecule has 0 aliphatic carbocycles. The molecule has 26 heavy (non-hydrogen) atoms. The van der Waals surface area contributed by atoms with Crippen molar-refractivity contribution in [2.75, 3.05) is 25.1 Å². The maximum absolute atomic E-state index is 11.3. The van der Waals surface area contributed by atoms with Gasteiger partial charge in [-0.05, 0) is 55.2 Å². The zero-order valence-electron chi connectivity index (χ0n) is 15.4. The molecule has 1 aliphatic heterocycles. The first kappa shape index (κ1) is 18.3. The normalized spacial score (nSPS) is 15.1. The number of aromatic carboxylic acids is 1. The fourth-order valence-electron chi connectivity index (χ4n) is 3.46. The summed E-state index contributed by atoms with van der Waals surface area (Å²) in [6.07, 6.45) is 2.16. The molecule has 3 rings (SSSR count). The van der Waals surface area contributed by atoms with Crippen molar-refractivity contribution in [2.24, 2.45) is 0 Å². The molecule has 0 saturated carbocycles. The quantitative estimate of drug-likeness (QED) is 0.832. The molecule has 0 atom stereocenters. The van der Waals surface area contributed by atoms with Crippen LogP contribution in [0.15, 0.2) is 42.5 Å². The van der Waals surface area contributed by atoms with Gasteiger partial charge >= 0.3 is 5.97 Å². The summed E-state index contributed by atoms with van der Waals surface area (Å²) in [6, 6.07) is 14.4. The molecule has 0 unspecified atom stereocenters. The third-order valence-electron chi connectivity index (χ3n) is 4.95. The van der Waals surface area contributed by atoms with Crippen molar-refractivity contribution >= 4 is 11.7 Å². The summed E-state index contributed by atoms with van der Waals surface area (Å²) in [6.45, 7) is 4.85. The Bertz CT molecular complexity index is 768. The summed E-state index contributed by atoms with van der Waals surface area (Å²) >= 11 is 0. The number of carbonyl (C=O) groups is 1. The second-order valence-corrected chi connectivity index (χ2v) is 6.82. The van der Waals surface area contributed by atoms with Crippen LogP contribution in [0.2, 0.25) is 0 Å². The Morgan fingerprint density at radius 2 is 2.00 bits per heavy atom. The fraction of sp³-hybridized carbons (Fsp3) is 0.381. The minimum atomic E-state index is -0.963. The topological polar surface area (TPSA) is 61.8 Å². The summed E-state index contributed by atoms with van der Waals surface area (Å²) in [7, 11) is 1.49. The van der Waals surface area contributed by atoms with Crippen LogP contribution in [0.25, 0.3) is 0 Å². The summed E-state index contributed by atoms with van der Waals surface area (Å²) in [5.41, 5.74) is 3.76. The van der Waals surface area contributed by atoms with Crippen LogP contribution in [0, 0.1) is 6.92 Å². The predicted octanol–water partition coefficient (Wildman–Crippen LogP) is 3.46. The molecule has 5 nitrogen and oxygen atoms in total. The SMILES string of the molecule is COc1ccc(CNC2CCN(c3cccc(C)c3)CC2)cc1C(=O)O. The van der Waals surface area contributed by atoms with Crippen LogP contribution in [0.4, 0.5) is 5.69 Å². The number of anilines is 1. The summed E-state index contributed by atoms with van der Waals surface area (Å²) in [5, 5.41) is 12.9. The van der Waals surface area contributed by atoms with Crippen LogP contribution < -0.4 is 15.0 Å². The van der Waals surface area contributed by atoms with Crippen molar-refractivity contribution in [3.8, 4) is 5.75 Å². The maximum Gasteiger partial charge on any atom is 0.339 e. The second kappa shape index (κ2) is 8.23. The van der Waals surface area contributed by atoms with Gasteiger partial charge in [0.2, 0.25) is 0 Å². The van der Waals surface area contributed by atoms with E-state index in [4.69, 9.17) is 4.74 Å². The van der Waals surface area contributed by atoms with E-state index in [2.05, 4.69) is 41.4 Å². The van der Waals surface area contributed by atoms with Crippen molar-refractivity contribution in [1.29, 1.82) is 0 Å². The smallest absolute Gasteiger partial charge is 0.339 e. The first-order valence-corrected chi connectivity index (χ1v) is 9.02.